The smallest absolute Gasteiger partial charge is 0.225 e. The van der Waals surface area contributed by atoms with E-state index in [1.165, 1.54) is 12.8 Å². The monoisotopic (exact) mass is 438 g/mol. The molecule has 1 aliphatic carbocycles. The lowest BCUT2D eigenvalue weighted by atomic mass is 9.82. The van der Waals surface area contributed by atoms with Crippen LogP contribution in [0.2, 0.25) is 0 Å². The van der Waals surface area contributed by atoms with Gasteiger partial charge in [-0.25, -0.2) is 4.98 Å². The number of nitrogens with two attached hydrogens (primary N) is 1. The third-order valence-electron chi connectivity index (χ3n) is 6.49. The number of aromatic nitrogens is 2. The van der Waals surface area contributed by atoms with Crippen molar-refractivity contribution >= 4 is 18.1 Å². The number of nitrogens with one attached hydrogen (secondary N) is 2. The topological polar surface area (TPSA) is 116 Å². The summed E-state index contributed by atoms with van der Waals surface area (Å²) in [5.74, 6) is 2.51. The van der Waals surface area contributed by atoms with Gasteiger partial charge in [-0.2, -0.15) is 4.98 Å². The molecule has 2 aromatic rings. The maximum atomic E-state index is 11.6. The summed E-state index contributed by atoms with van der Waals surface area (Å²) in [6.45, 7) is 5.79. The summed E-state index contributed by atoms with van der Waals surface area (Å²) in [5, 5.41) is 18.6. The second-order valence-electron chi connectivity index (χ2n) is 9.40. The molecule has 32 heavy (non-hydrogen) atoms. The van der Waals surface area contributed by atoms with Gasteiger partial charge in [-0.3, -0.25) is 0 Å². The number of rotatable bonds is 11. The molecule has 0 aliphatic heterocycles. The summed E-state index contributed by atoms with van der Waals surface area (Å²) in [6, 6.07) is 10.2. The molecule has 1 heterocycles. The molecule has 1 unspecified atom stereocenters. The Morgan fingerprint density at radius 1 is 1.19 bits per heavy atom. The van der Waals surface area contributed by atoms with Crippen LogP contribution >= 0.6 is 0 Å². The van der Waals surface area contributed by atoms with E-state index in [0.29, 0.717) is 30.5 Å². The second-order valence-corrected chi connectivity index (χ2v) is 9.40. The summed E-state index contributed by atoms with van der Waals surface area (Å²) in [7, 11) is 0. The number of aldehydes is 1. The van der Waals surface area contributed by atoms with Gasteiger partial charge in [0.2, 0.25) is 5.95 Å². The van der Waals surface area contributed by atoms with Crippen LogP contribution in [0.3, 0.4) is 0 Å². The first-order valence-corrected chi connectivity index (χ1v) is 11.7. The van der Waals surface area contributed by atoms with Gasteiger partial charge in [0.15, 0.2) is 0 Å². The van der Waals surface area contributed by atoms with E-state index in [9.17, 15) is 9.90 Å². The van der Waals surface area contributed by atoms with Crippen LogP contribution in [0, 0.1) is 11.8 Å². The van der Waals surface area contributed by atoms with E-state index in [2.05, 4.69) is 41.6 Å². The van der Waals surface area contributed by atoms with Crippen LogP contribution in [-0.2, 0) is 16.8 Å². The van der Waals surface area contributed by atoms with Crippen LogP contribution in [-0.4, -0.2) is 35.4 Å². The van der Waals surface area contributed by atoms with Gasteiger partial charge in [-0.15, -0.1) is 0 Å². The highest BCUT2D eigenvalue weighted by Crippen LogP contribution is 2.29. The van der Waals surface area contributed by atoms with Gasteiger partial charge < -0.3 is 26.3 Å². The van der Waals surface area contributed by atoms with Gasteiger partial charge in [0.05, 0.1) is 5.54 Å². The normalized spacial score (nSPS) is 19.9. The number of nitrogens with zero attached hydrogens (tertiary/aromatic N) is 2. The fourth-order valence-electron chi connectivity index (χ4n) is 4.29. The van der Waals surface area contributed by atoms with E-state index >= 15 is 0 Å². The molecule has 0 bridgehead atoms. The van der Waals surface area contributed by atoms with Gasteiger partial charge in [-0.05, 0) is 69.9 Å². The Labute approximate surface area is 191 Å². The average molecular weight is 439 g/mol. The minimum Gasteiger partial charge on any atom is -0.847 e. The predicted octanol–water partition coefficient (Wildman–Crippen LogP) is 2.86. The highest BCUT2D eigenvalue weighted by molar-refractivity contribution is 5.55. The Morgan fingerprint density at radius 3 is 2.53 bits per heavy atom. The summed E-state index contributed by atoms with van der Waals surface area (Å²) in [5.41, 5.74) is 7.48. The first-order valence-electron chi connectivity index (χ1n) is 11.7. The molecule has 1 aromatic carbocycles. The Kier molecular flexibility index (Phi) is 8.59. The van der Waals surface area contributed by atoms with Crippen molar-refractivity contribution in [2.45, 2.75) is 64.0 Å². The molecule has 0 saturated heterocycles. The zero-order valence-corrected chi connectivity index (χ0v) is 19.2. The van der Waals surface area contributed by atoms with Crippen LogP contribution in [0.15, 0.2) is 36.5 Å². The fraction of sp³-hybridized carbons (Fsp3) is 0.560. The maximum Gasteiger partial charge on any atom is 0.225 e. The highest BCUT2D eigenvalue weighted by Gasteiger charge is 2.23. The molecule has 1 saturated carbocycles. The van der Waals surface area contributed by atoms with Crippen LogP contribution < -0.4 is 21.5 Å². The standard InChI is InChI=1S/C25H36N5O2/c1-25(2,21-6-4-3-5-7-21)30-24-28-16-20(12-13-22(32)17-31)23(29-24)27-15-19-10-8-18(14-26)9-11-19/h3-7,16-19,22H,8-15,26H2,1-2H3,(H2,27,28,29,30)/q-1. The minimum atomic E-state index is -1.22. The third-order valence-corrected chi connectivity index (χ3v) is 6.49. The van der Waals surface area contributed by atoms with Crippen molar-refractivity contribution in [2.75, 3.05) is 23.7 Å². The molecule has 1 atom stereocenters. The lowest BCUT2D eigenvalue weighted by molar-refractivity contribution is -0.401. The molecule has 0 spiro atoms. The summed E-state index contributed by atoms with van der Waals surface area (Å²) in [6.07, 6.45) is 6.39. The quantitative estimate of drug-likeness (QED) is 0.462. The van der Waals surface area contributed by atoms with E-state index in [1.54, 1.807) is 6.20 Å². The Bertz CT molecular complexity index is 851. The third kappa shape index (κ3) is 6.74. The molecular formula is C25H36N5O2-. The van der Waals surface area contributed by atoms with Crippen molar-refractivity contribution < 1.29 is 9.90 Å². The van der Waals surface area contributed by atoms with E-state index in [-0.39, 0.29) is 12.0 Å². The number of hydrogen-bond acceptors (Lipinski definition) is 7. The molecule has 0 radical (unpaired) electrons. The largest absolute Gasteiger partial charge is 0.847 e. The van der Waals surface area contributed by atoms with Gasteiger partial charge in [0, 0.05) is 18.3 Å². The zero-order valence-electron chi connectivity index (χ0n) is 19.2. The molecule has 1 fully saturated rings. The number of hydrogen-bond donors (Lipinski definition) is 3. The molecule has 7 heteroatoms. The van der Waals surface area contributed by atoms with E-state index in [4.69, 9.17) is 10.7 Å². The zero-order chi connectivity index (χ0) is 23.0. The van der Waals surface area contributed by atoms with E-state index < -0.39 is 6.10 Å². The summed E-state index contributed by atoms with van der Waals surface area (Å²) in [4.78, 5) is 20.0. The van der Waals surface area contributed by atoms with Gasteiger partial charge in [0.25, 0.3) is 0 Å². The van der Waals surface area contributed by atoms with Crippen molar-refractivity contribution in [3.63, 3.8) is 0 Å². The molecular weight excluding hydrogens is 402 g/mol. The second kappa shape index (κ2) is 11.4. The van der Waals surface area contributed by atoms with Crippen molar-refractivity contribution in [3.05, 3.63) is 47.7 Å². The minimum absolute atomic E-state index is 0.242. The summed E-state index contributed by atoms with van der Waals surface area (Å²) >= 11 is 0. The van der Waals surface area contributed by atoms with E-state index in [1.807, 2.05) is 18.2 Å². The number of anilines is 2. The molecule has 3 rings (SSSR count). The number of aryl methyl sites for hydroxylation is 1. The highest BCUT2D eigenvalue weighted by atomic mass is 16.3. The maximum absolute atomic E-state index is 11.6. The molecule has 0 amide bonds. The Morgan fingerprint density at radius 2 is 1.88 bits per heavy atom. The Hall–Kier alpha value is -2.51. The average Bonchev–Trinajstić information content (AvgIpc) is 2.82. The van der Waals surface area contributed by atoms with Crippen molar-refractivity contribution in [1.29, 1.82) is 0 Å². The SMILES string of the molecule is CC(C)(Nc1ncc(CCC([O-])C=O)c(NCC2CCC(CN)CC2)n1)c1ccccc1. The fourth-order valence-corrected chi connectivity index (χ4v) is 4.29. The Balaban J connectivity index is 1.72. The van der Waals surface area contributed by atoms with Gasteiger partial charge in [0.1, 0.15) is 12.1 Å². The van der Waals surface area contributed by atoms with Crippen LogP contribution in [0.4, 0.5) is 11.8 Å². The first-order chi connectivity index (χ1) is 15.4. The molecule has 7 nitrogen and oxygen atoms in total. The lowest BCUT2D eigenvalue weighted by Gasteiger charge is -2.29. The van der Waals surface area contributed by atoms with Crippen LogP contribution in [0.25, 0.3) is 0 Å². The number of carbonyl (C=O) groups excluding carboxylic acids is 1. The van der Waals surface area contributed by atoms with Crippen molar-refractivity contribution in [3.8, 4) is 0 Å². The van der Waals surface area contributed by atoms with Crippen molar-refractivity contribution in [2.24, 2.45) is 17.6 Å². The van der Waals surface area contributed by atoms with Gasteiger partial charge in [-0.1, -0.05) is 42.9 Å². The molecule has 4 N–H and O–H groups in total. The first kappa shape index (κ1) is 24.1. The molecule has 174 valence electrons. The van der Waals surface area contributed by atoms with E-state index in [0.717, 1.165) is 42.9 Å². The van der Waals surface area contributed by atoms with Crippen molar-refractivity contribution in [1.82, 2.24) is 9.97 Å². The molecule has 1 aromatic heterocycles. The summed E-state index contributed by atoms with van der Waals surface area (Å²) < 4.78 is 0. The lowest BCUT2D eigenvalue weighted by Crippen LogP contribution is -2.30. The predicted molar refractivity (Wildman–Crippen MR) is 126 cm³/mol. The van der Waals surface area contributed by atoms with Gasteiger partial charge >= 0.3 is 0 Å². The number of carbonyl (C=O) groups is 1. The van der Waals surface area contributed by atoms with Crippen LogP contribution in [0.1, 0.15) is 57.1 Å². The number of benzene rings is 1. The van der Waals surface area contributed by atoms with Crippen LogP contribution in [0.5, 0.6) is 0 Å². The molecule has 1 aliphatic rings.